The van der Waals surface area contributed by atoms with E-state index >= 15 is 0 Å². The van der Waals surface area contributed by atoms with Crippen LogP contribution < -0.4 is 5.32 Å². The van der Waals surface area contributed by atoms with E-state index in [0.29, 0.717) is 0 Å². The molecule has 0 fully saturated rings. The maximum absolute atomic E-state index is 13.9. The maximum atomic E-state index is 13.9. The summed E-state index contributed by atoms with van der Waals surface area (Å²) in [7, 11) is 0. The zero-order valence-corrected chi connectivity index (χ0v) is 17.8. The van der Waals surface area contributed by atoms with Gasteiger partial charge in [-0.15, -0.1) is 0 Å². The summed E-state index contributed by atoms with van der Waals surface area (Å²) in [6.07, 6.45) is -2.34. The zero-order chi connectivity index (χ0) is 22.7. The third kappa shape index (κ3) is 4.60. The molecule has 1 amide bonds. The van der Waals surface area contributed by atoms with Crippen molar-refractivity contribution in [1.29, 1.82) is 0 Å². The summed E-state index contributed by atoms with van der Waals surface area (Å²) >= 11 is 5.64. The number of aliphatic hydroxyl groups excluding tert-OH is 2. The number of nitrogens with zero attached hydrogens (tertiary/aromatic N) is 1. The maximum Gasteiger partial charge on any atom is 0.407 e. The van der Waals surface area contributed by atoms with Crippen LogP contribution in [0, 0.1) is 5.82 Å². The van der Waals surface area contributed by atoms with Crippen molar-refractivity contribution in [2.75, 3.05) is 13.2 Å². The highest BCUT2D eigenvalue weighted by Crippen LogP contribution is 2.44. The van der Waals surface area contributed by atoms with Crippen LogP contribution >= 0.6 is 11.6 Å². The van der Waals surface area contributed by atoms with Gasteiger partial charge in [0.05, 0.1) is 11.1 Å². The van der Waals surface area contributed by atoms with Crippen molar-refractivity contribution < 1.29 is 24.1 Å². The van der Waals surface area contributed by atoms with E-state index in [1.807, 2.05) is 36.4 Å². The van der Waals surface area contributed by atoms with Crippen molar-refractivity contribution in [3.8, 4) is 11.1 Å². The van der Waals surface area contributed by atoms with Crippen molar-refractivity contribution >= 4 is 17.7 Å². The summed E-state index contributed by atoms with van der Waals surface area (Å²) in [4.78, 5) is 15.9. The van der Waals surface area contributed by atoms with Crippen molar-refractivity contribution in [3.05, 3.63) is 88.5 Å². The molecule has 1 aliphatic rings. The first-order valence-electron chi connectivity index (χ1n) is 10.2. The van der Waals surface area contributed by atoms with Gasteiger partial charge in [0.2, 0.25) is 0 Å². The van der Waals surface area contributed by atoms with Gasteiger partial charge in [0, 0.05) is 18.7 Å². The third-order valence-electron chi connectivity index (χ3n) is 5.53. The van der Waals surface area contributed by atoms with E-state index in [1.165, 1.54) is 6.20 Å². The predicted molar refractivity (Wildman–Crippen MR) is 118 cm³/mol. The first kappa shape index (κ1) is 22.2. The molecule has 0 radical (unpaired) electrons. The summed E-state index contributed by atoms with van der Waals surface area (Å²) in [5, 5.41) is 22.9. The summed E-state index contributed by atoms with van der Waals surface area (Å²) < 4.78 is 19.3. The van der Waals surface area contributed by atoms with Crippen molar-refractivity contribution in [1.82, 2.24) is 10.3 Å². The lowest BCUT2D eigenvalue weighted by Gasteiger charge is -2.18. The van der Waals surface area contributed by atoms with E-state index in [2.05, 4.69) is 22.4 Å². The summed E-state index contributed by atoms with van der Waals surface area (Å²) in [5.41, 5.74) is 4.19. The number of carbonyl (C=O) groups is 1. The molecule has 2 aromatic carbocycles. The molecular weight excluding hydrogens is 435 g/mol. The fourth-order valence-corrected chi connectivity index (χ4v) is 4.10. The van der Waals surface area contributed by atoms with Crippen molar-refractivity contribution in [2.24, 2.45) is 0 Å². The lowest BCUT2D eigenvalue weighted by Crippen LogP contribution is -2.31. The number of aliphatic hydroxyl groups is 2. The van der Waals surface area contributed by atoms with Gasteiger partial charge in [0.1, 0.15) is 24.2 Å². The van der Waals surface area contributed by atoms with Crippen LogP contribution in [0.1, 0.15) is 35.3 Å². The smallest absolute Gasteiger partial charge is 0.407 e. The summed E-state index contributed by atoms with van der Waals surface area (Å²) in [6.45, 7) is 0.203. The molecule has 32 heavy (non-hydrogen) atoms. The second-order valence-corrected chi connectivity index (χ2v) is 8.01. The monoisotopic (exact) mass is 456 g/mol. The van der Waals surface area contributed by atoms with E-state index in [4.69, 9.17) is 16.3 Å². The molecule has 0 aliphatic heterocycles. The minimum Gasteiger partial charge on any atom is -0.449 e. The van der Waals surface area contributed by atoms with Gasteiger partial charge in [-0.1, -0.05) is 60.1 Å². The SMILES string of the molecule is O=C(NCCC(O)C(O)c1ncc(Cl)cc1F)OCC1c2ccccc2-c2ccccc21. The quantitative estimate of drug-likeness (QED) is 0.495. The third-order valence-corrected chi connectivity index (χ3v) is 5.74. The normalized spacial score (nSPS) is 14.4. The van der Waals surface area contributed by atoms with Crippen LogP contribution in [0.3, 0.4) is 0 Å². The van der Waals surface area contributed by atoms with Crippen LogP contribution in [0.15, 0.2) is 60.8 Å². The number of fused-ring (bicyclic) bond motifs is 3. The Bertz CT molecular complexity index is 1080. The van der Waals surface area contributed by atoms with E-state index < -0.39 is 24.1 Å². The number of hydrogen-bond donors (Lipinski definition) is 3. The Kier molecular flexibility index (Phi) is 6.69. The average Bonchev–Trinajstić information content (AvgIpc) is 3.11. The number of pyridine rings is 1. The predicted octanol–water partition coefficient (Wildman–Crippen LogP) is 4.20. The summed E-state index contributed by atoms with van der Waals surface area (Å²) in [5.74, 6) is -0.868. The first-order valence-corrected chi connectivity index (χ1v) is 10.6. The number of ether oxygens (including phenoxy) is 1. The number of aromatic nitrogens is 1. The molecule has 1 heterocycles. The minimum absolute atomic E-state index is 0.0187. The van der Waals surface area contributed by atoms with Crippen LogP contribution in [-0.4, -0.2) is 40.5 Å². The molecule has 1 aromatic heterocycles. The Balaban J connectivity index is 1.29. The average molecular weight is 457 g/mol. The molecule has 0 saturated carbocycles. The highest BCUT2D eigenvalue weighted by atomic mass is 35.5. The zero-order valence-electron chi connectivity index (χ0n) is 17.0. The standard InChI is InChI=1S/C24H22ClFN2O4/c25-14-11-20(26)22(28-12-14)23(30)21(29)9-10-27-24(31)32-13-19-17-7-3-1-5-15(17)16-6-2-4-8-18(16)19/h1-8,11-12,19,21,23,29-30H,9-10,13H2,(H,27,31). The second-order valence-electron chi connectivity index (χ2n) is 7.57. The topological polar surface area (TPSA) is 91.7 Å². The van der Waals surface area contributed by atoms with Crippen LogP contribution in [0.4, 0.5) is 9.18 Å². The highest BCUT2D eigenvalue weighted by Gasteiger charge is 2.29. The molecule has 8 heteroatoms. The van der Waals surface area contributed by atoms with Crippen LogP contribution in [-0.2, 0) is 4.74 Å². The van der Waals surface area contributed by atoms with Crippen molar-refractivity contribution in [2.45, 2.75) is 24.5 Å². The van der Waals surface area contributed by atoms with Gasteiger partial charge >= 0.3 is 6.09 Å². The van der Waals surface area contributed by atoms with Gasteiger partial charge in [-0.25, -0.2) is 9.18 Å². The number of rotatable bonds is 7. The molecule has 0 bridgehead atoms. The molecule has 3 N–H and O–H groups in total. The van der Waals surface area contributed by atoms with Crippen LogP contribution in [0.25, 0.3) is 11.1 Å². The lowest BCUT2D eigenvalue weighted by atomic mass is 9.98. The van der Waals surface area contributed by atoms with Gasteiger partial charge in [-0.05, 0) is 34.7 Å². The Morgan fingerprint density at radius 2 is 1.75 bits per heavy atom. The molecule has 4 rings (SSSR count). The fraction of sp³-hybridized carbons (Fsp3) is 0.250. The van der Waals surface area contributed by atoms with Gasteiger partial charge in [-0.2, -0.15) is 0 Å². The second kappa shape index (κ2) is 9.65. The summed E-state index contributed by atoms with van der Waals surface area (Å²) in [6, 6.07) is 17.1. The number of carbonyl (C=O) groups excluding carboxylic acids is 1. The van der Waals surface area contributed by atoms with Crippen molar-refractivity contribution in [3.63, 3.8) is 0 Å². The van der Waals surface area contributed by atoms with E-state index in [-0.39, 0.29) is 36.2 Å². The van der Waals surface area contributed by atoms with E-state index in [9.17, 15) is 19.4 Å². The van der Waals surface area contributed by atoms with Gasteiger partial charge in [0.25, 0.3) is 0 Å². The number of benzene rings is 2. The Labute approximate surface area is 189 Å². The Hall–Kier alpha value is -3.00. The minimum atomic E-state index is -1.54. The lowest BCUT2D eigenvalue weighted by molar-refractivity contribution is 0.00897. The molecule has 0 saturated heterocycles. The molecular formula is C24H22ClFN2O4. The van der Waals surface area contributed by atoms with Gasteiger partial charge in [0.15, 0.2) is 0 Å². The number of nitrogens with one attached hydrogen (secondary N) is 1. The first-order chi connectivity index (χ1) is 15.5. The highest BCUT2D eigenvalue weighted by molar-refractivity contribution is 6.30. The Morgan fingerprint density at radius 3 is 2.38 bits per heavy atom. The molecule has 166 valence electrons. The molecule has 6 nitrogen and oxygen atoms in total. The van der Waals surface area contributed by atoms with E-state index in [1.54, 1.807) is 0 Å². The molecule has 2 unspecified atom stereocenters. The molecule has 1 aliphatic carbocycles. The van der Waals surface area contributed by atoms with Gasteiger partial charge < -0.3 is 20.3 Å². The molecule has 3 aromatic rings. The number of halogens is 2. The van der Waals surface area contributed by atoms with E-state index in [0.717, 1.165) is 28.3 Å². The number of hydrogen-bond acceptors (Lipinski definition) is 5. The molecule has 2 atom stereocenters. The Morgan fingerprint density at radius 1 is 1.12 bits per heavy atom. The largest absolute Gasteiger partial charge is 0.449 e. The van der Waals surface area contributed by atoms with Crippen LogP contribution in [0.2, 0.25) is 5.02 Å². The van der Waals surface area contributed by atoms with Gasteiger partial charge in [-0.3, -0.25) is 4.98 Å². The fourth-order valence-electron chi connectivity index (χ4n) is 3.95. The number of amides is 1. The van der Waals surface area contributed by atoms with Crippen LogP contribution in [0.5, 0.6) is 0 Å². The molecule has 0 spiro atoms. The number of alkyl carbamates (subject to hydrolysis) is 1.